The van der Waals surface area contributed by atoms with Gasteiger partial charge in [-0.3, -0.25) is 4.79 Å². The normalized spacial score (nSPS) is 16.5. The van der Waals surface area contributed by atoms with E-state index in [9.17, 15) is 4.79 Å². The predicted molar refractivity (Wildman–Crippen MR) is 86.0 cm³/mol. The van der Waals surface area contributed by atoms with E-state index in [1.807, 2.05) is 13.1 Å². The summed E-state index contributed by atoms with van der Waals surface area (Å²) in [5.74, 6) is 2.20. The smallest absolute Gasteiger partial charge is 0.251 e. The van der Waals surface area contributed by atoms with Crippen molar-refractivity contribution in [2.45, 2.75) is 32.4 Å². The Hall–Kier alpha value is -2.50. The molecule has 23 heavy (non-hydrogen) atoms. The van der Waals surface area contributed by atoms with E-state index in [4.69, 9.17) is 9.47 Å². The van der Waals surface area contributed by atoms with Crippen LogP contribution in [0.15, 0.2) is 30.6 Å². The molecule has 1 unspecified atom stereocenters. The van der Waals surface area contributed by atoms with Gasteiger partial charge in [0.05, 0.1) is 13.7 Å². The molecule has 122 valence electrons. The van der Waals surface area contributed by atoms with Gasteiger partial charge in [-0.2, -0.15) is 0 Å². The summed E-state index contributed by atoms with van der Waals surface area (Å²) < 4.78 is 12.9. The molecule has 0 aliphatic carbocycles. The van der Waals surface area contributed by atoms with E-state index in [0.29, 0.717) is 23.7 Å². The molecule has 1 aromatic carbocycles. The van der Waals surface area contributed by atoms with Gasteiger partial charge in [-0.15, -0.1) is 0 Å². The number of methoxy groups -OCH3 is 1. The average Bonchev–Trinajstić information content (AvgIpc) is 3.03. The van der Waals surface area contributed by atoms with Crippen LogP contribution in [0.5, 0.6) is 11.5 Å². The summed E-state index contributed by atoms with van der Waals surface area (Å²) in [6.45, 7) is 3.22. The fourth-order valence-electron chi connectivity index (χ4n) is 2.84. The molecule has 1 aliphatic heterocycles. The summed E-state index contributed by atoms with van der Waals surface area (Å²) in [7, 11) is 1.57. The zero-order chi connectivity index (χ0) is 16.2. The highest BCUT2D eigenvalue weighted by Gasteiger charge is 2.21. The first-order valence-electron chi connectivity index (χ1n) is 7.83. The Morgan fingerprint density at radius 3 is 3.09 bits per heavy atom. The minimum Gasteiger partial charge on any atom is -0.493 e. The summed E-state index contributed by atoms with van der Waals surface area (Å²) in [6, 6.07) is 5.36. The Morgan fingerprint density at radius 1 is 1.43 bits per heavy atom. The molecule has 0 spiro atoms. The summed E-state index contributed by atoms with van der Waals surface area (Å²) in [6.07, 6.45) is 5.53. The molecule has 2 heterocycles. The van der Waals surface area contributed by atoms with E-state index in [1.54, 1.807) is 31.5 Å². The maximum Gasteiger partial charge on any atom is 0.251 e. The number of aryl methyl sites for hydroxylation is 1. The van der Waals surface area contributed by atoms with Gasteiger partial charge in [0.25, 0.3) is 5.91 Å². The summed E-state index contributed by atoms with van der Waals surface area (Å²) in [5.41, 5.74) is 0.571. The lowest BCUT2D eigenvalue weighted by atomic mass is 10.1. The average molecular weight is 315 g/mol. The Morgan fingerprint density at radius 2 is 2.30 bits per heavy atom. The van der Waals surface area contributed by atoms with Crippen LogP contribution in [0.1, 0.15) is 29.5 Å². The molecule has 0 saturated heterocycles. The standard InChI is InChI=1S/C17H21N3O3/c1-3-23-14-6-4-12(10-15(14)22-2)17(21)19-13-5-7-16-18-8-9-20(16)11-13/h4,6,8-10,13H,3,5,7,11H2,1-2H3,(H,19,21). The van der Waals surface area contributed by atoms with E-state index in [0.717, 1.165) is 25.2 Å². The van der Waals surface area contributed by atoms with Gasteiger partial charge in [-0.1, -0.05) is 0 Å². The van der Waals surface area contributed by atoms with Crippen LogP contribution >= 0.6 is 0 Å². The van der Waals surface area contributed by atoms with Crippen LogP contribution in [0, 0.1) is 0 Å². The second-order valence-corrected chi connectivity index (χ2v) is 5.50. The summed E-state index contributed by atoms with van der Waals surface area (Å²) in [4.78, 5) is 16.8. The van der Waals surface area contributed by atoms with E-state index in [-0.39, 0.29) is 11.9 Å². The highest BCUT2D eigenvalue weighted by atomic mass is 16.5. The van der Waals surface area contributed by atoms with Gasteiger partial charge in [0.15, 0.2) is 11.5 Å². The molecule has 0 saturated carbocycles. The number of amides is 1. The molecule has 1 aromatic heterocycles. The van der Waals surface area contributed by atoms with Gasteiger partial charge in [0.1, 0.15) is 5.82 Å². The number of aromatic nitrogens is 2. The number of hydrogen-bond donors (Lipinski definition) is 1. The van der Waals surface area contributed by atoms with Gasteiger partial charge >= 0.3 is 0 Å². The molecule has 2 aromatic rings. The van der Waals surface area contributed by atoms with Crippen molar-refractivity contribution < 1.29 is 14.3 Å². The molecule has 1 aliphatic rings. The van der Waals surface area contributed by atoms with Crippen LogP contribution in [-0.2, 0) is 13.0 Å². The molecular weight excluding hydrogens is 294 g/mol. The van der Waals surface area contributed by atoms with Crippen molar-refractivity contribution >= 4 is 5.91 Å². The summed E-state index contributed by atoms with van der Waals surface area (Å²) in [5, 5.41) is 3.08. The molecule has 0 bridgehead atoms. The maximum atomic E-state index is 12.5. The number of nitrogens with one attached hydrogen (secondary N) is 1. The van der Waals surface area contributed by atoms with Crippen molar-refractivity contribution in [2.75, 3.05) is 13.7 Å². The number of fused-ring (bicyclic) bond motifs is 1. The Labute approximate surface area is 135 Å². The first kappa shape index (κ1) is 15.4. The zero-order valence-corrected chi connectivity index (χ0v) is 13.4. The fraction of sp³-hybridized carbons (Fsp3) is 0.412. The highest BCUT2D eigenvalue weighted by molar-refractivity contribution is 5.95. The molecule has 6 heteroatoms. The van der Waals surface area contributed by atoms with Gasteiger partial charge in [0.2, 0.25) is 0 Å². The first-order valence-corrected chi connectivity index (χ1v) is 7.83. The zero-order valence-electron chi connectivity index (χ0n) is 13.4. The third kappa shape index (κ3) is 3.31. The first-order chi connectivity index (χ1) is 11.2. The second-order valence-electron chi connectivity index (χ2n) is 5.50. The number of carbonyl (C=O) groups is 1. The van der Waals surface area contributed by atoms with Gasteiger partial charge < -0.3 is 19.4 Å². The van der Waals surface area contributed by atoms with E-state index < -0.39 is 0 Å². The number of benzene rings is 1. The lowest BCUT2D eigenvalue weighted by molar-refractivity contribution is 0.0927. The van der Waals surface area contributed by atoms with Crippen LogP contribution in [0.3, 0.4) is 0 Å². The third-order valence-electron chi connectivity index (χ3n) is 4.00. The molecule has 3 rings (SSSR count). The molecule has 1 amide bonds. The minimum atomic E-state index is -0.0973. The van der Waals surface area contributed by atoms with Crippen LogP contribution < -0.4 is 14.8 Å². The number of hydrogen-bond acceptors (Lipinski definition) is 4. The van der Waals surface area contributed by atoms with Crippen molar-refractivity contribution in [1.82, 2.24) is 14.9 Å². The summed E-state index contributed by atoms with van der Waals surface area (Å²) >= 11 is 0. The molecule has 0 radical (unpaired) electrons. The molecule has 1 N–H and O–H groups in total. The predicted octanol–water partition coefficient (Wildman–Crippen LogP) is 2.04. The van der Waals surface area contributed by atoms with Crippen LogP contribution in [0.25, 0.3) is 0 Å². The lowest BCUT2D eigenvalue weighted by Gasteiger charge is -2.24. The van der Waals surface area contributed by atoms with Gasteiger partial charge in [-0.05, 0) is 31.5 Å². The Kier molecular flexibility index (Phi) is 4.50. The third-order valence-corrected chi connectivity index (χ3v) is 4.00. The fourth-order valence-corrected chi connectivity index (χ4v) is 2.84. The molecular formula is C17H21N3O3. The second kappa shape index (κ2) is 6.73. The van der Waals surface area contributed by atoms with Crippen molar-refractivity contribution in [3.8, 4) is 11.5 Å². The number of rotatable bonds is 5. The number of nitrogens with zero attached hydrogens (tertiary/aromatic N) is 2. The highest BCUT2D eigenvalue weighted by Crippen LogP contribution is 2.28. The van der Waals surface area contributed by atoms with E-state index >= 15 is 0 Å². The minimum absolute atomic E-state index is 0.0973. The van der Waals surface area contributed by atoms with E-state index in [2.05, 4.69) is 14.9 Å². The monoisotopic (exact) mass is 315 g/mol. The van der Waals surface area contributed by atoms with Crippen LogP contribution in [-0.4, -0.2) is 35.2 Å². The topological polar surface area (TPSA) is 65.4 Å². The quantitative estimate of drug-likeness (QED) is 0.917. The van der Waals surface area contributed by atoms with Crippen molar-refractivity contribution in [3.63, 3.8) is 0 Å². The van der Waals surface area contributed by atoms with Crippen LogP contribution in [0.4, 0.5) is 0 Å². The molecule has 0 fully saturated rings. The SMILES string of the molecule is CCOc1ccc(C(=O)NC2CCc3nccn3C2)cc1OC. The van der Waals surface area contributed by atoms with Crippen molar-refractivity contribution in [2.24, 2.45) is 0 Å². The van der Waals surface area contributed by atoms with Crippen molar-refractivity contribution in [3.05, 3.63) is 42.0 Å². The number of imidazole rings is 1. The van der Waals surface area contributed by atoms with Crippen molar-refractivity contribution in [1.29, 1.82) is 0 Å². The molecule has 1 atom stereocenters. The lowest BCUT2D eigenvalue weighted by Crippen LogP contribution is -2.40. The van der Waals surface area contributed by atoms with Gasteiger partial charge in [0, 0.05) is 37.0 Å². The number of carbonyl (C=O) groups excluding carboxylic acids is 1. The molecule has 6 nitrogen and oxygen atoms in total. The largest absolute Gasteiger partial charge is 0.493 e. The Balaban J connectivity index is 1.69. The number of ether oxygens (including phenoxy) is 2. The van der Waals surface area contributed by atoms with Gasteiger partial charge in [-0.25, -0.2) is 4.98 Å². The maximum absolute atomic E-state index is 12.5. The Bertz CT molecular complexity index is 696. The van der Waals surface area contributed by atoms with Crippen LogP contribution in [0.2, 0.25) is 0 Å². The van der Waals surface area contributed by atoms with E-state index in [1.165, 1.54) is 0 Å².